The fourth-order valence-corrected chi connectivity index (χ4v) is 6.92. The summed E-state index contributed by atoms with van der Waals surface area (Å²) >= 11 is 12.5. The second-order valence-electron chi connectivity index (χ2n) is 13.8. The summed E-state index contributed by atoms with van der Waals surface area (Å²) in [5.74, 6) is 0.985. The molecular formula is C35H48Cl2N6O4S. The van der Waals surface area contributed by atoms with Gasteiger partial charge >= 0.3 is 6.03 Å². The van der Waals surface area contributed by atoms with Gasteiger partial charge in [0.25, 0.3) is 10.2 Å². The number of aromatic nitrogens is 1. The van der Waals surface area contributed by atoms with E-state index in [-0.39, 0.29) is 50.1 Å². The van der Waals surface area contributed by atoms with Gasteiger partial charge in [-0.15, -0.1) is 0 Å². The first-order valence-corrected chi connectivity index (χ1v) is 18.3. The van der Waals surface area contributed by atoms with E-state index in [0.717, 1.165) is 11.3 Å². The topological polar surface area (TPSA) is 98.6 Å². The molecule has 1 saturated heterocycles. The average molecular weight is 720 g/mol. The van der Waals surface area contributed by atoms with Gasteiger partial charge in [-0.1, -0.05) is 68.3 Å². The van der Waals surface area contributed by atoms with Crippen molar-refractivity contribution < 1.29 is 17.9 Å². The number of allylic oxidation sites excluding steroid dienone is 3. The number of hydrogen-bond donors (Lipinski definition) is 0. The Bertz CT molecular complexity index is 1660. The zero-order valence-electron chi connectivity index (χ0n) is 29.2. The van der Waals surface area contributed by atoms with E-state index in [1.54, 1.807) is 28.1 Å². The lowest BCUT2D eigenvalue weighted by Crippen LogP contribution is -2.56. The van der Waals surface area contributed by atoms with Gasteiger partial charge in [-0.3, -0.25) is 14.9 Å². The number of carbonyl (C=O) groups is 1. The first-order chi connectivity index (χ1) is 22.4. The van der Waals surface area contributed by atoms with Crippen LogP contribution in [0.1, 0.15) is 64.8 Å². The van der Waals surface area contributed by atoms with Crippen molar-refractivity contribution in [2.45, 2.75) is 65.5 Å². The Balaban J connectivity index is 1.87. The highest BCUT2D eigenvalue weighted by Crippen LogP contribution is 2.34. The van der Waals surface area contributed by atoms with Crippen LogP contribution in [0.3, 0.4) is 0 Å². The molecule has 262 valence electrons. The highest BCUT2D eigenvalue weighted by Gasteiger charge is 2.37. The summed E-state index contributed by atoms with van der Waals surface area (Å²) < 4.78 is 34.5. The predicted octanol–water partition coefficient (Wildman–Crippen LogP) is 6.70. The summed E-state index contributed by atoms with van der Waals surface area (Å²) in [5, 5.41) is 1.27. The van der Waals surface area contributed by atoms with Crippen LogP contribution < -0.4 is 4.74 Å². The molecule has 2 amide bonds. The second kappa shape index (κ2) is 15.3. The minimum absolute atomic E-state index is 0.000352. The maximum absolute atomic E-state index is 14.7. The first kappa shape index (κ1) is 37.9. The zero-order chi connectivity index (χ0) is 35.4. The molecule has 0 radical (unpaired) electrons. The van der Waals surface area contributed by atoms with Crippen molar-refractivity contribution in [3.63, 3.8) is 0 Å². The van der Waals surface area contributed by atoms with Gasteiger partial charge in [-0.25, -0.2) is 4.79 Å². The normalized spacial score (nSPS) is 18.2. The molecule has 10 nitrogen and oxygen atoms in total. The Morgan fingerprint density at radius 2 is 1.71 bits per heavy atom. The van der Waals surface area contributed by atoms with Crippen molar-refractivity contribution in [3.05, 3.63) is 81.6 Å². The highest BCUT2D eigenvalue weighted by atomic mass is 35.5. The molecule has 2 heterocycles. The standard InChI is InChI=1S/C35H48Cl2N6O4S/c1-9-47-30-22-31(34(2,3)4)38-23-29(30)32(39-35(5,6)26-12-16-28(37)17-13-26)43(24-25-10-14-27(36)15-11-25)33(44)41-18-20-42(21-19-41)48(45,46)40(7)8/h10-12,14-17,22-23,26H,9,13,18-21,24H2,1-8H3/b39-32-. The van der Waals surface area contributed by atoms with Crippen molar-refractivity contribution in [1.82, 2.24) is 23.4 Å². The van der Waals surface area contributed by atoms with Gasteiger partial charge in [0, 0.05) is 79.6 Å². The molecule has 0 bridgehead atoms. The summed E-state index contributed by atoms with van der Waals surface area (Å²) in [5.41, 5.74) is 1.35. The number of amidine groups is 1. The van der Waals surface area contributed by atoms with Crippen LogP contribution in [-0.2, 0) is 22.2 Å². The van der Waals surface area contributed by atoms with Crippen molar-refractivity contribution >= 4 is 45.3 Å². The van der Waals surface area contributed by atoms with Crippen molar-refractivity contribution in [2.24, 2.45) is 10.9 Å². The van der Waals surface area contributed by atoms with Crippen LogP contribution in [0.5, 0.6) is 5.75 Å². The van der Waals surface area contributed by atoms with Crippen molar-refractivity contribution in [2.75, 3.05) is 46.9 Å². The number of ether oxygens (including phenoxy) is 1. The number of hydrogen-bond acceptors (Lipinski definition) is 6. The number of amides is 2. The molecule has 1 aromatic carbocycles. The molecule has 1 aliphatic heterocycles. The number of pyridine rings is 1. The van der Waals surface area contributed by atoms with Gasteiger partial charge in [0.05, 0.1) is 24.3 Å². The summed E-state index contributed by atoms with van der Waals surface area (Å²) in [4.78, 5) is 28.3. The van der Waals surface area contributed by atoms with Gasteiger partial charge < -0.3 is 9.64 Å². The Morgan fingerprint density at radius 3 is 2.25 bits per heavy atom. The van der Waals surface area contributed by atoms with Crippen LogP contribution in [0.4, 0.5) is 4.79 Å². The third-order valence-electron chi connectivity index (χ3n) is 8.57. The maximum atomic E-state index is 14.7. The molecule has 48 heavy (non-hydrogen) atoms. The molecular weight excluding hydrogens is 671 g/mol. The number of urea groups is 1. The van der Waals surface area contributed by atoms with E-state index >= 15 is 0 Å². The van der Waals surface area contributed by atoms with E-state index in [2.05, 4.69) is 26.8 Å². The zero-order valence-corrected chi connectivity index (χ0v) is 31.5. The van der Waals surface area contributed by atoms with E-state index in [1.807, 2.05) is 51.1 Å². The Labute approximate surface area is 296 Å². The molecule has 2 aliphatic rings. The van der Waals surface area contributed by atoms with Crippen LogP contribution in [0.15, 0.2) is 64.8 Å². The van der Waals surface area contributed by atoms with Gasteiger partial charge in [0.2, 0.25) is 0 Å². The van der Waals surface area contributed by atoms with Crippen LogP contribution in [0, 0.1) is 5.92 Å². The van der Waals surface area contributed by atoms with Crippen LogP contribution >= 0.6 is 23.2 Å². The van der Waals surface area contributed by atoms with E-state index in [9.17, 15) is 13.2 Å². The van der Waals surface area contributed by atoms with E-state index < -0.39 is 15.7 Å². The summed E-state index contributed by atoms with van der Waals surface area (Å²) in [6, 6.07) is 8.98. The molecule has 0 spiro atoms. The lowest BCUT2D eigenvalue weighted by molar-refractivity contribution is 0.149. The van der Waals surface area contributed by atoms with E-state index in [1.165, 1.54) is 22.7 Å². The fourth-order valence-electron chi connectivity index (χ4n) is 5.55. The predicted molar refractivity (Wildman–Crippen MR) is 194 cm³/mol. The summed E-state index contributed by atoms with van der Waals surface area (Å²) in [7, 11) is -0.606. The molecule has 4 rings (SSSR count). The smallest absolute Gasteiger partial charge is 0.326 e. The lowest BCUT2D eigenvalue weighted by Gasteiger charge is -2.39. The summed E-state index contributed by atoms with van der Waals surface area (Å²) in [6.07, 6.45) is 8.36. The lowest BCUT2D eigenvalue weighted by atomic mass is 9.83. The largest absolute Gasteiger partial charge is 0.493 e. The molecule has 1 aromatic heterocycles. The molecule has 1 atom stereocenters. The van der Waals surface area contributed by atoms with Crippen molar-refractivity contribution in [1.29, 1.82) is 0 Å². The highest BCUT2D eigenvalue weighted by molar-refractivity contribution is 7.86. The van der Waals surface area contributed by atoms with Crippen molar-refractivity contribution in [3.8, 4) is 5.75 Å². The van der Waals surface area contributed by atoms with Gasteiger partial charge in [0.1, 0.15) is 11.6 Å². The fraction of sp³-hybridized carbons (Fsp3) is 0.514. The van der Waals surface area contributed by atoms with Gasteiger partial charge in [-0.2, -0.15) is 17.0 Å². The number of aliphatic imine (C=N–C) groups is 1. The number of piperazine rings is 1. The Kier molecular flexibility index (Phi) is 12.1. The second-order valence-corrected chi connectivity index (χ2v) is 16.8. The average Bonchev–Trinajstić information content (AvgIpc) is 3.03. The Morgan fingerprint density at radius 1 is 1.06 bits per heavy atom. The third-order valence-corrected chi connectivity index (χ3v) is 11.0. The number of carbonyl (C=O) groups excluding carboxylic acids is 1. The molecule has 1 aliphatic carbocycles. The van der Waals surface area contributed by atoms with E-state index in [4.69, 9.17) is 37.9 Å². The van der Waals surface area contributed by atoms with Gasteiger partial charge in [0.15, 0.2) is 0 Å². The maximum Gasteiger partial charge on any atom is 0.326 e. The third kappa shape index (κ3) is 8.98. The molecule has 0 saturated carbocycles. The number of rotatable bonds is 9. The minimum atomic E-state index is -3.62. The van der Waals surface area contributed by atoms with Gasteiger partial charge in [-0.05, 0) is 51.0 Å². The number of nitrogens with zero attached hydrogens (tertiary/aromatic N) is 6. The number of halogens is 2. The summed E-state index contributed by atoms with van der Waals surface area (Å²) in [6.45, 7) is 13.6. The van der Waals surface area contributed by atoms with Crippen LogP contribution in [-0.4, -0.2) is 96.1 Å². The molecule has 1 fully saturated rings. The van der Waals surface area contributed by atoms with Crippen LogP contribution in [0.25, 0.3) is 0 Å². The number of benzene rings is 1. The molecule has 13 heteroatoms. The first-order valence-electron chi connectivity index (χ1n) is 16.2. The SMILES string of the molecule is CCOc1cc(C(C)(C)C)ncc1/C(=N/C(C)(C)C1C=CC(Cl)=CC1)N(Cc1ccc(Cl)cc1)C(=O)N1CCN(S(=O)(=O)N(C)C)CC1. The Hall–Kier alpha value is -2.96. The molecule has 1 unspecified atom stereocenters. The van der Waals surface area contributed by atoms with E-state index in [0.29, 0.717) is 40.2 Å². The monoisotopic (exact) mass is 718 g/mol. The van der Waals surface area contributed by atoms with Crippen LogP contribution in [0.2, 0.25) is 5.02 Å². The quantitative estimate of drug-likeness (QED) is 0.212. The molecule has 2 aromatic rings. The minimum Gasteiger partial charge on any atom is -0.493 e. The molecule has 0 N–H and O–H groups in total.